The van der Waals surface area contributed by atoms with Crippen molar-refractivity contribution in [3.8, 4) is 5.75 Å². The van der Waals surface area contributed by atoms with E-state index in [4.69, 9.17) is 4.74 Å². The Bertz CT molecular complexity index is 768. The van der Waals surface area contributed by atoms with Gasteiger partial charge in [-0.3, -0.25) is 0 Å². The van der Waals surface area contributed by atoms with Gasteiger partial charge in [-0.1, -0.05) is 12.1 Å². The van der Waals surface area contributed by atoms with E-state index in [2.05, 4.69) is 56.4 Å². The van der Waals surface area contributed by atoms with E-state index in [-0.39, 0.29) is 6.04 Å². The molecule has 0 radical (unpaired) electrons. The Hall–Kier alpha value is -2.67. The lowest BCUT2D eigenvalue weighted by molar-refractivity contribution is 0.311. The number of fused-ring (bicyclic) bond motifs is 1. The van der Waals surface area contributed by atoms with Gasteiger partial charge in [-0.05, 0) is 31.8 Å². The maximum absolute atomic E-state index is 5.22. The topological polar surface area (TPSA) is 79.0 Å². The summed E-state index contributed by atoms with van der Waals surface area (Å²) in [5.41, 5.74) is 2.69. The summed E-state index contributed by atoms with van der Waals surface area (Å²) >= 11 is 0. The van der Waals surface area contributed by atoms with Gasteiger partial charge in [-0.15, -0.1) is 0 Å². The zero-order chi connectivity index (χ0) is 16.2. The molecular weight excluding hydrogens is 292 g/mol. The molecule has 0 aliphatic heterocycles. The van der Waals surface area contributed by atoms with E-state index < -0.39 is 0 Å². The van der Waals surface area contributed by atoms with Crippen LogP contribution in [0.5, 0.6) is 5.75 Å². The zero-order valence-corrected chi connectivity index (χ0v) is 13.4. The van der Waals surface area contributed by atoms with Gasteiger partial charge >= 0.3 is 0 Å². The zero-order valence-electron chi connectivity index (χ0n) is 13.4. The van der Waals surface area contributed by atoms with E-state index in [1.54, 1.807) is 13.4 Å². The fraction of sp³-hybridized carbons (Fsp3) is 0.312. The first-order valence-corrected chi connectivity index (χ1v) is 7.37. The number of anilines is 1. The standard InChI is InChI=1S/C16H20N6O/c1-22(2)13(11-4-6-12(23-3)7-5-11)8-17-15-14-16(19-9-18-14)21-10-20-15/h4-7,9-10,13H,8H2,1-3H3,(H2,17,18,19,20,21). The summed E-state index contributed by atoms with van der Waals surface area (Å²) < 4.78 is 5.22. The second-order valence-corrected chi connectivity index (χ2v) is 5.46. The number of likely N-dealkylation sites (N-methyl/N-ethyl adjacent to an activating group) is 1. The number of nitrogens with one attached hydrogen (secondary N) is 2. The quantitative estimate of drug-likeness (QED) is 0.725. The van der Waals surface area contributed by atoms with Crippen LogP contribution in [0, 0.1) is 0 Å². The Morgan fingerprint density at radius 2 is 1.96 bits per heavy atom. The van der Waals surface area contributed by atoms with Crippen molar-refractivity contribution in [3.05, 3.63) is 42.5 Å². The molecule has 0 spiro atoms. The Morgan fingerprint density at radius 1 is 1.17 bits per heavy atom. The number of imidazole rings is 1. The molecule has 1 aromatic carbocycles. The molecule has 7 nitrogen and oxygen atoms in total. The fourth-order valence-electron chi connectivity index (χ4n) is 2.52. The monoisotopic (exact) mass is 312 g/mol. The van der Waals surface area contributed by atoms with Crippen LogP contribution in [-0.2, 0) is 0 Å². The smallest absolute Gasteiger partial charge is 0.182 e. The number of H-pyrrole nitrogens is 1. The summed E-state index contributed by atoms with van der Waals surface area (Å²) in [5, 5.41) is 3.39. The number of ether oxygens (including phenoxy) is 1. The van der Waals surface area contributed by atoms with Crippen molar-refractivity contribution < 1.29 is 4.74 Å². The van der Waals surface area contributed by atoms with Gasteiger partial charge in [0.15, 0.2) is 11.5 Å². The lowest BCUT2D eigenvalue weighted by Gasteiger charge is -2.25. The third-order valence-corrected chi connectivity index (χ3v) is 3.81. The van der Waals surface area contributed by atoms with Crippen molar-refractivity contribution in [3.63, 3.8) is 0 Å². The Labute approximate surface area is 134 Å². The summed E-state index contributed by atoms with van der Waals surface area (Å²) in [6.07, 6.45) is 3.14. The lowest BCUT2D eigenvalue weighted by atomic mass is 10.1. The van der Waals surface area contributed by atoms with Crippen LogP contribution in [0.4, 0.5) is 5.82 Å². The lowest BCUT2D eigenvalue weighted by Crippen LogP contribution is -2.27. The highest BCUT2D eigenvalue weighted by molar-refractivity contribution is 5.81. The van der Waals surface area contributed by atoms with Crippen LogP contribution >= 0.6 is 0 Å². The fourth-order valence-corrected chi connectivity index (χ4v) is 2.52. The third kappa shape index (κ3) is 3.24. The minimum Gasteiger partial charge on any atom is -0.497 e. The van der Waals surface area contributed by atoms with Crippen LogP contribution in [0.3, 0.4) is 0 Å². The molecule has 120 valence electrons. The van der Waals surface area contributed by atoms with Crippen LogP contribution in [0.15, 0.2) is 36.9 Å². The van der Waals surface area contributed by atoms with Crippen molar-refractivity contribution in [2.24, 2.45) is 0 Å². The maximum Gasteiger partial charge on any atom is 0.182 e. The Morgan fingerprint density at radius 3 is 2.65 bits per heavy atom. The highest BCUT2D eigenvalue weighted by atomic mass is 16.5. The van der Waals surface area contributed by atoms with Crippen molar-refractivity contribution in [1.82, 2.24) is 24.8 Å². The third-order valence-electron chi connectivity index (χ3n) is 3.81. The van der Waals surface area contributed by atoms with Crippen LogP contribution in [0.1, 0.15) is 11.6 Å². The Balaban J connectivity index is 1.78. The minimum atomic E-state index is 0.203. The molecule has 2 heterocycles. The van der Waals surface area contributed by atoms with Gasteiger partial charge in [0, 0.05) is 6.54 Å². The minimum absolute atomic E-state index is 0.203. The largest absolute Gasteiger partial charge is 0.497 e. The van der Waals surface area contributed by atoms with Gasteiger partial charge in [-0.25, -0.2) is 15.0 Å². The van der Waals surface area contributed by atoms with Gasteiger partial charge < -0.3 is 19.9 Å². The van der Waals surface area contributed by atoms with Crippen molar-refractivity contribution in [1.29, 1.82) is 0 Å². The van der Waals surface area contributed by atoms with Gasteiger partial charge in [0.1, 0.15) is 17.6 Å². The molecule has 3 aromatic rings. The summed E-state index contributed by atoms with van der Waals surface area (Å²) in [6.45, 7) is 0.713. The second kappa shape index (κ2) is 6.62. The highest BCUT2D eigenvalue weighted by Crippen LogP contribution is 2.23. The Kier molecular flexibility index (Phi) is 4.38. The average molecular weight is 312 g/mol. The van der Waals surface area contributed by atoms with E-state index in [9.17, 15) is 0 Å². The van der Waals surface area contributed by atoms with Gasteiger partial charge in [0.25, 0.3) is 0 Å². The molecule has 0 aliphatic carbocycles. The molecule has 1 atom stereocenters. The van der Waals surface area contributed by atoms with E-state index >= 15 is 0 Å². The van der Waals surface area contributed by atoms with E-state index in [0.29, 0.717) is 12.2 Å². The van der Waals surface area contributed by atoms with Gasteiger partial charge in [0.05, 0.1) is 19.5 Å². The summed E-state index contributed by atoms with van der Waals surface area (Å²) in [7, 11) is 5.79. The molecule has 0 saturated carbocycles. The molecule has 2 N–H and O–H groups in total. The van der Waals surface area contributed by atoms with E-state index in [1.807, 2.05) is 12.1 Å². The van der Waals surface area contributed by atoms with Crippen molar-refractivity contribution in [2.75, 3.05) is 33.1 Å². The van der Waals surface area contributed by atoms with E-state index in [1.165, 1.54) is 11.9 Å². The summed E-state index contributed by atoms with van der Waals surface area (Å²) in [6, 6.07) is 8.31. The normalized spacial score (nSPS) is 12.5. The highest BCUT2D eigenvalue weighted by Gasteiger charge is 2.15. The molecule has 3 rings (SSSR count). The summed E-state index contributed by atoms with van der Waals surface area (Å²) in [5.74, 6) is 1.61. The molecule has 0 bridgehead atoms. The van der Waals surface area contributed by atoms with Crippen LogP contribution < -0.4 is 10.1 Å². The van der Waals surface area contributed by atoms with Crippen LogP contribution in [0.2, 0.25) is 0 Å². The number of hydrogen-bond donors (Lipinski definition) is 2. The summed E-state index contributed by atoms with van der Waals surface area (Å²) in [4.78, 5) is 17.8. The van der Waals surface area contributed by atoms with Crippen molar-refractivity contribution >= 4 is 17.0 Å². The number of nitrogens with zero attached hydrogens (tertiary/aromatic N) is 4. The number of aromatic nitrogens is 4. The molecule has 0 saturated heterocycles. The predicted octanol–water partition coefficient (Wildman–Crippen LogP) is 2.08. The van der Waals surface area contributed by atoms with Crippen LogP contribution in [0.25, 0.3) is 11.2 Å². The van der Waals surface area contributed by atoms with E-state index in [0.717, 1.165) is 17.1 Å². The number of hydrogen-bond acceptors (Lipinski definition) is 6. The molecule has 0 fully saturated rings. The molecular formula is C16H20N6O. The number of rotatable bonds is 6. The first-order chi connectivity index (χ1) is 11.2. The maximum atomic E-state index is 5.22. The second-order valence-electron chi connectivity index (χ2n) is 5.46. The number of benzene rings is 1. The molecule has 1 unspecified atom stereocenters. The van der Waals surface area contributed by atoms with Crippen molar-refractivity contribution in [2.45, 2.75) is 6.04 Å². The van der Waals surface area contributed by atoms with Gasteiger partial charge in [-0.2, -0.15) is 0 Å². The first kappa shape index (κ1) is 15.2. The van der Waals surface area contributed by atoms with Gasteiger partial charge in [0.2, 0.25) is 0 Å². The predicted molar refractivity (Wildman–Crippen MR) is 89.6 cm³/mol. The molecule has 0 aliphatic rings. The molecule has 2 aromatic heterocycles. The van der Waals surface area contributed by atoms with Crippen LogP contribution in [-0.4, -0.2) is 52.6 Å². The number of methoxy groups -OCH3 is 1. The molecule has 23 heavy (non-hydrogen) atoms. The SMILES string of the molecule is COc1ccc(C(CNc2ncnc3nc[nH]c23)N(C)C)cc1. The molecule has 7 heteroatoms. The first-order valence-electron chi connectivity index (χ1n) is 7.37. The average Bonchev–Trinajstić information content (AvgIpc) is 3.04. The molecule has 0 amide bonds. The number of aromatic amines is 1.